The van der Waals surface area contributed by atoms with Gasteiger partial charge in [-0.1, -0.05) is 6.07 Å². The molecule has 3 aromatic heterocycles. The minimum absolute atomic E-state index is 0.0334. The molecule has 1 aromatic carbocycles. The monoisotopic (exact) mass is 434 g/mol. The van der Waals surface area contributed by atoms with Crippen molar-refractivity contribution in [2.24, 2.45) is 5.92 Å². The van der Waals surface area contributed by atoms with E-state index in [1.165, 1.54) is 0 Å². The molecule has 1 aliphatic rings. The van der Waals surface area contributed by atoms with Gasteiger partial charge >= 0.3 is 0 Å². The van der Waals surface area contributed by atoms with Crippen molar-refractivity contribution in [1.82, 2.24) is 28.7 Å². The third-order valence-corrected chi connectivity index (χ3v) is 6.14. The van der Waals surface area contributed by atoms with E-state index in [2.05, 4.69) is 34.3 Å². The lowest BCUT2D eigenvalue weighted by Gasteiger charge is -2.31. The molecular weight excluding hydrogens is 412 g/mol. The van der Waals surface area contributed by atoms with Gasteiger partial charge in [0.05, 0.1) is 23.1 Å². The van der Waals surface area contributed by atoms with Crippen molar-refractivity contribution in [2.75, 3.05) is 23.3 Å². The molecule has 1 fully saturated rings. The molecule has 31 heavy (non-hydrogen) atoms. The Morgan fingerprint density at radius 2 is 1.84 bits per heavy atom. The maximum absolute atomic E-state index is 12.8. The predicted molar refractivity (Wildman–Crippen MR) is 120 cm³/mol. The summed E-state index contributed by atoms with van der Waals surface area (Å²) < 4.78 is 10.3. The van der Waals surface area contributed by atoms with Crippen LogP contribution >= 0.6 is 11.7 Å². The van der Waals surface area contributed by atoms with Gasteiger partial charge < -0.3 is 10.2 Å². The molecule has 0 spiro atoms. The average molecular weight is 435 g/mol. The number of aryl methyl sites for hydroxylation is 2. The van der Waals surface area contributed by atoms with Gasteiger partial charge in [-0.15, -0.1) is 10.2 Å². The summed E-state index contributed by atoms with van der Waals surface area (Å²) in [6.07, 6.45) is 1.52. The van der Waals surface area contributed by atoms with E-state index in [0.29, 0.717) is 5.82 Å². The van der Waals surface area contributed by atoms with Gasteiger partial charge in [-0.2, -0.15) is 13.8 Å². The predicted octanol–water partition coefficient (Wildman–Crippen LogP) is 3.14. The van der Waals surface area contributed by atoms with Crippen molar-refractivity contribution in [1.29, 1.82) is 0 Å². The van der Waals surface area contributed by atoms with Gasteiger partial charge in [0.15, 0.2) is 11.6 Å². The number of carbonyl (C=O) groups is 1. The second-order valence-electron chi connectivity index (χ2n) is 7.78. The molecule has 5 rings (SSSR count). The number of fused-ring (bicyclic) bond motifs is 1. The number of nitrogens with one attached hydrogen (secondary N) is 1. The summed E-state index contributed by atoms with van der Waals surface area (Å²) >= 11 is 1.15. The molecule has 9 nitrogen and oxygen atoms in total. The third kappa shape index (κ3) is 3.86. The van der Waals surface area contributed by atoms with Crippen LogP contribution in [0.3, 0.4) is 0 Å². The molecule has 10 heteroatoms. The molecule has 0 saturated carbocycles. The number of nitrogens with zero attached hydrogens (tertiary/aromatic N) is 7. The number of carbonyl (C=O) groups excluding carboxylic acids is 1. The first-order valence-electron chi connectivity index (χ1n) is 10.2. The second-order valence-corrected chi connectivity index (χ2v) is 8.31. The highest BCUT2D eigenvalue weighted by molar-refractivity contribution is 7.00. The largest absolute Gasteiger partial charge is 0.355 e. The summed E-state index contributed by atoms with van der Waals surface area (Å²) in [6, 6.07) is 11.6. The van der Waals surface area contributed by atoms with E-state index < -0.39 is 0 Å². The lowest BCUT2D eigenvalue weighted by Crippen LogP contribution is -2.38. The van der Waals surface area contributed by atoms with E-state index in [1.54, 1.807) is 4.68 Å². The fourth-order valence-corrected chi connectivity index (χ4v) is 4.52. The zero-order chi connectivity index (χ0) is 21.4. The van der Waals surface area contributed by atoms with E-state index in [0.717, 1.165) is 71.6 Å². The molecule has 0 atom stereocenters. The van der Waals surface area contributed by atoms with Crippen LogP contribution in [-0.2, 0) is 4.79 Å². The first-order valence-corrected chi connectivity index (χ1v) is 11.0. The quantitative estimate of drug-likeness (QED) is 0.526. The fraction of sp³-hybridized carbons (Fsp3) is 0.333. The number of anilines is 2. The molecular formula is C21H22N8OS. The Hall–Kier alpha value is -3.40. The Morgan fingerprint density at radius 1 is 1.06 bits per heavy atom. The Balaban J connectivity index is 1.21. The number of benzene rings is 1. The number of aromatic nitrogens is 6. The van der Waals surface area contributed by atoms with Crippen LogP contribution in [0.25, 0.3) is 16.9 Å². The van der Waals surface area contributed by atoms with Crippen molar-refractivity contribution in [3.63, 3.8) is 0 Å². The molecule has 1 N–H and O–H groups in total. The molecule has 0 unspecified atom stereocenters. The zero-order valence-electron chi connectivity index (χ0n) is 17.3. The van der Waals surface area contributed by atoms with E-state index in [4.69, 9.17) is 0 Å². The summed E-state index contributed by atoms with van der Waals surface area (Å²) in [7, 11) is 0. The van der Waals surface area contributed by atoms with Crippen molar-refractivity contribution in [3.8, 4) is 5.82 Å². The highest BCUT2D eigenvalue weighted by atomic mass is 32.1. The minimum Gasteiger partial charge on any atom is -0.355 e. The lowest BCUT2D eigenvalue weighted by molar-refractivity contribution is -0.120. The second kappa shape index (κ2) is 8.03. The van der Waals surface area contributed by atoms with Crippen molar-refractivity contribution < 1.29 is 4.79 Å². The number of rotatable bonds is 4. The standard InChI is InChI=1S/C21H22N8OS/c1-13-12-14(2)29(25-13)19-7-6-18(23-24-19)28-10-8-15(9-11-28)21(30)22-16-4-3-5-17-20(16)27-31-26-17/h3-7,12,15H,8-11H2,1-2H3,(H,22,30). The lowest BCUT2D eigenvalue weighted by atomic mass is 9.95. The molecule has 4 aromatic rings. The van der Waals surface area contributed by atoms with Gasteiger partial charge in [-0.25, -0.2) is 4.68 Å². The molecule has 0 aliphatic carbocycles. The van der Waals surface area contributed by atoms with Gasteiger partial charge in [-0.05, 0) is 57.0 Å². The Kier molecular flexibility index (Phi) is 5.06. The summed E-state index contributed by atoms with van der Waals surface area (Å²) in [5.74, 6) is 1.52. The molecule has 4 heterocycles. The minimum atomic E-state index is -0.0416. The number of amides is 1. The molecule has 0 bridgehead atoms. The highest BCUT2D eigenvalue weighted by Crippen LogP contribution is 2.26. The van der Waals surface area contributed by atoms with E-state index in [1.807, 2.05) is 50.2 Å². The normalized spacial score (nSPS) is 14.8. The van der Waals surface area contributed by atoms with Crippen LogP contribution in [0.15, 0.2) is 36.4 Å². The average Bonchev–Trinajstić information content (AvgIpc) is 3.40. The van der Waals surface area contributed by atoms with Crippen LogP contribution in [0.1, 0.15) is 24.2 Å². The number of hydrogen-bond acceptors (Lipinski definition) is 8. The van der Waals surface area contributed by atoms with Crippen molar-refractivity contribution >= 4 is 40.2 Å². The SMILES string of the molecule is Cc1cc(C)n(-c2ccc(N3CCC(C(=O)Nc4cccc5nsnc45)CC3)nn2)n1. The smallest absolute Gasteiger partial charge is 0.227 e. The Labute approximate surface area is 183 Å². The van der Waals surface area contributed by atoms with Gasteiger partial charge in [0.1, 0.15) is 11.0 Å². The summed E-state index contributed by atoms with van der Waals surface area (Å²) in [5, 5.41) is 16.2. The summed E-state index contributed by atoms with van der Waals surface area (Å²) in [4.78, 5) is 15.0. The van der Waals surface area contributed by atoms with Gasteiger partial charge in [0.2, 0.25) is 5.91 Å². The van der Waals surface area contributed by atoms with Gasteiger partial charge in [0, 0.05) is 24.7 Å². The highest BCUT2D eigenvalue weighted by Gasteiger charge is 2.26. The van der Waals surface area contributed by atoms with E-state index in [-0.39, 0.29) is 11.8 Å². The molecule has 158 valence electrons. The van der Waals surface area contributed by atoms with Crippen LogP contribution < -0.4 is 10.2 Å². The molecule has 1 amide bonds. The third-order valence-electron chi connectivity index (χ3n) is 5.60. The summed E-state index contributed by atoms with van der Waals surface area (Å²) in [5.41, 5.74) is 4.25. The van der Waals surface area contributed by atoms with E-state index >= 15 is 0 Å². The zero-order valence-corrected chi connectivity index (χ0v) is 18.1. The van der Waals surface area contributed by atoms with Crippen LogP contribution in [0.4, 0.5) is 11.5 Å². The Morgan fingerprint density at radius 3 is 2.55 bits per heavy atom. The topological polar surface area (TPSA) is 102 Å². The van der Waals surface area contributed by atoms with Crippen LogP contribution in [0.5, 0.6) is 0 Å². The molecule has 0 radical (unpaired) electrons. The first-order chi connectivity index (χ1) is 15.1. The van der Waals surface area contributed by atoms with Crippen molar-refractivity contribution in [2.45, 2.75) is 26.7 Å². The van der Waals surface area contributed by atoms with Crippen LogP contribution in [0.2, 0.25) is 0 Å². The fourth-order valence-electron chi connectivity index (χ4n) is 3.97. The maximum Gasteiger partial charge on any atom is 0.227 e. The first kappa shape index (κ1) is 19.6. The van der Waals surface area contributed by atoms with Gasteiger partial charge in [0.25, 0.3) is 0 Å². The molecule has 1 saturated heterocycles. The number of piperidine rings is 1. The maximum atomic E-state index is 12.8. The Bertz CT molecular complexity index is 1220. The number of hydrogen-bond donors (Lipinski definition) is 1. The molecule has 1 aliphatic heterocycles. The van der Waals surface area contributed by atoms with Crippen LogP contribution in [0, 0.1) is 19.8 Å². The summed E-state index contributed by atoms with van der Waals surface area (Å²) in [6.45, 7) is 5.47. The van der Waals surface area contributed by atoms with E-state index in [9.17, 15) is 4.79 Å². The van der Waals surface area contributed by atoms with Crippen molar-refractivity contribution in [3.05, 3.63) is 47.8 Å². The van der Waals surface area contributed by atoms with Gasteiger partial charge in [-0.3, -0.25) is 4.79 Å². The van der Waals surface area contributed by atoms with Crippen LogP contribution in [-0.4, -0.2) is 47.7 Å².